The lowest BCUT2D eigenvalue weighted by molar-refractivity contribution is -0.135. The van der Waals surface area contributed by atoms with Gasteiger partial charge in [0.1, 0.15) is 18.0 Å². The maximum Gasteiger partial charge on any atom is 0.331 e. The molecule has 0 atom stereocenters. The van der Waals surface area contributed by atoms with Crippen molar-refractivity contribution < 1.29 is 14.3 Å². The number of esters is 1. The van der Waals surface area contributed by atoms with E-state index in [0.717, 1.165) is 0 Å². The number of benzene rings is 2. The molecule has 0 amide bonds. The van der Waals surface area contributed by atoms with Crippen LogP contribution in [0.5, 0.6) is 11.5 Å². The monoisotopic (exact) mass is 324 g/mol. The van der Waals surface area contributed by atoms with Crippen LogP contribution in [0.15, 0.2) is 59.7 Å². The van der Waals surface area contributed by atoms with Gasteiger partial charge in [-0.2, -0.15) is 0 Å². The zero-order chi connectivity index (χ0) is 16.9. The molecule has 24 heavy (non-hydrogen) atoms. The van der Waals surface area contributed by atoms with Crippen molar-refractivity contribution in [2.24, 2.45) is 0 Å². The molecule has 0 aliphatic carbocycles. The summed E-state index contributed by atoms with van der Waals surface area (Å²) in [4.78, 5) is 28.5. The number of ether oxygens (including phenoxy) is 2. The zero-order valence-corrected chi connectivity index (χ0v) is 13.1. The summed E-state index contributed by atoms with van der Waals surface area (Å²) in [6.07, 6.45) is 1.35. The maximum absolute atomic E-state index is 12.3. The Morgan fingerprint density at radius 1 is 1.08 bits per heavy atom. The summed E-state index contributed by atoms with van der Waals surface area (Å²) in [5, 5.41) is 0.467. The first-order valence-corrected chi connectivity index (χ1v) is 7.55. The predicted molar refractivity (Wildman–Crippen MR) is 89.2 cm³/mol. The summed E-state index contributed by atoms with van der Waals surface area (Å²) in [7, 11) is 0. The fourth-order valence-corrected chi connectivity index (χ4v) is 2.29. The van der Waals surface area contributed by atoms with Crippen LogP contribution in [0.2, 0.25) is 0 Å². The first-order chi connectivity index (χ1) is 11.7. The normalized spacial score (nSPS) is 10.5. The number of fused-ring (bicyclic) bond motifs is 1. The van der Waals surface area contributed by atoms with Crippen molar-refractivity contribution in [3.05, 3.63) is 65.2 Å². The van der Waals surface area contributed by atoms with Crippen LogP contribution < -0.4 is 15.0 Å². The van der Waals surface area contributed by atoms with Gasteiger partial charge in [0.25, 0.3) is 5.56 Å². The number of aromatic nitrogens is 2. The summed E-state index contributed by atoms with van der Waals surface area (Å²) in [5.41, 5.74) is 0.322. The SMILES string of the molecule is CCOc1ccc(OC(=O)Cn2cnc3ccccc3c2=O)cc1. The molecule has 0 fully saturated rings. The molecule has 3 aromatic rings. The van der Waals surface area contributed by atoms with Crippen LogP contribution in [0.4, 0.5) is 0 Å². The van der Waals surface area contributed by atoms with Crippen LogP contribution in [-0.2, 0) is 11.3 Å². The van der Waals surface area contributed by atoms with E-state index in [1.165, 1.54) is 10.9 Å². The molecule has 0 N–H and O–H groups in total. The number of rotatable bonds is 5. The van der Waals surface area contributed by atoms with E-state index < -0.39 is 5.97 Å². The zero-order valence-electron chi connectivity index (χ0n) is 13.1. The fourth-order valence-electron chi connectivity index (χ4n) is 2.29. The third kappa shape index (κ3) is 3.43. The van der Waals surface area contributed by atoms with Crippen molar-refractivity contribution in [1.29, 1.82) is 0 Å². The molecule has 0 saturated carbocycles. The molecule has 0 saturated heterocycles. The van der Waals surface area contributed by atoms with E-state index in [0.29, 0.717) is 29.0 Å². The van der Waals surface area contributed by atoms with Gasteiger partial charge in [0, 0.05) is 0 Å². The molecule has 2 aromatic carbocycles. The Morgan fingerprint density at radius 3 is 2.54 bits per heavy atom. The summed E-state index contributed by atoms with van der Waals surface area (Å²) < 4.78 is 11.8. The van der Waals surface area contributed by atoms with Crippen LogP contribution >= 0.6 is 0 Å². The number of hydrogen-bond acceptors (Lipinski definition) is 5. The Bertz CT molecular complexity index is 916. The summed E-state index contributed by atoms with van der Waals surface area (Å²) >= 11 is 0. The topological polar surface area (TPSA) is 70.4 Å². The van der Waals surface area contributed by atoms with Gasteiger partial charge < -0.3 is 9.47 Å². The average molecular weight is 324 g/mol. The molecule has 0 aliphatic heterocycles. The molecule has 6 heteroatoms. The average Bonchev–Trinajstić information content (AvgIpc) is 2.60. The van der Waals surface area contributed by atoms with Crippen LogP contribution in [0, 0.1) is 0 Å². The second kappa shape index (κ2) is 6.95. The lowest BCUT2D eigenvalue weighted by atomic mass is 10.2. The highest BCUT2D eigenvalue weighted by atomic mass is 16.5. The lowest BCUT2D eigenvalue weighted by Crippen LogP contribution is -2.26. The highest BCUT2D eigenvalue weighted by Gasteiger charge is 2.10. The van der Waals surface area contributed by atoms with Gasteiger partial charge in [-0.15, -0.1) is 0 Å². The quantitative estimate of drug-likeness (QED) is 0.532. The van der Waals surface area contributed by atoms with Gasteiger partial charge in [0.2, 0.25) is 0 Å². The Kier molecular flexibility index (Phi) is 4.56. The van der Waals surface area contributed by atoms with Crippen molar-refractivity contribution in [2.45, 2.75) is 13.5 Å². The van der Waals surface area contributed by atoms with Crippen LogP contribution in [0.1, 0.15) is 6.92 Å². The van der Waals surface area contributed by atoms with Crippen molar-refractivity contribution >= 4 is 16.9 Å². The highest BCUT2D eigenvalue weighted by molar-refractivity contribution is 5.78. The van der Waals surface area contributed by atoms with Gasteiger partial charge in [-0.25, -0.2) is 9.78 Å². The fraction of sp³-hybridized carbons (Fsp3) is 0.167. The van der Waals surface area contributed by atoms with E-state index in [9.17, 15) is 9.59 Å². The first-order valence-electron chi connectivity index (χ1n) is 7.55. The molecular formula is C18H16N2O4. The van der Waals surface area contributed by atoms with Gasteiger partial charge in [-0.1, -0.05) is 12.1 Å². The molecule has 6 nitrogen and oxygen atoms in total. The minimum atomic E-state index is -0.543. The molecule has 3 rings (SSSR count). The molecular weight excluding hydrogens is 308 g/mol. The first kappa shape index (κ1) is 15.7. The second-order valence-corrected chi connectivity index (χ2v) is 5.07. The lowest BCUT2D eigenvalue weighted by Gasteiger charge is -2.08. The smallest absolute Gasteiger partial charge is 0.331 e. The molecule has 0 spiro atoms. The molecule has 1 heterocycles. The van der Waals surface area contributed by atoms with Crippen LogP contribution in [0.3, 0.4) is 0 Å². The van der Waals surface area contributed by atoms with E-state index >= 15 is 0 Å². The Morgan fingerprint density at radius 2 is 1.79 bits per heavy atom. The van der Waals surface area contributed by atoms with E-state index in [2.05, 4.69) is 4.98 Å². The Labute approximate surface area is 138 Å². The number of carbonyl (C=O) groups is 1. The standard InChI is InChI=1S/C18H16N2O4/c1-2-23-13-7-9-14(10-8-13)24-17(21)11-20-12-19-16-6-4-3-5-15(16)18(20)22/h3-10,12H,2,11H2,1H3. The second-order valence-electron chi connectivity index (χ2n) is 5.07. The molecule has 122 valence electrons. The summed E-state index contributed by atoms with van der Waals surface area (Å²) in [6.45, 7) is 2.25. The van der Waals surface area contributed by atoms with E-state index in [4.69, 9.17) is 9.47 Å². The molecule has 0 aliphatic rings. The molecule has 1 aromatic heterocycles. The van der Waals surface area contributed by atoms with Crippen molar-refractivity contribution in [3.8, 4) is 11.5 Å². The third-order valence-corrected chi connectivity index (χ3v) is 3.40. The van der Waals surface area contributed by atoms with Crippen LogP contribution in [-0.4, -0.2) is 22.1 Å². The van der Waals surface area contributed by atoms with Gasteiger partial charge in [-0.3, -0.25) is 9.36 Å². The molecule has 0 bridgehead atoms. The Hall–Kier alpha value is -3.15. The summed E-state index contributed by atoms with van der Waals surface area (Å²) in [5.74, 6) is 0.552. The number of hydrogen-bond donors (Lipinski definition) is 0. The molecule has 0 radical (unpaired) electrons. The predicted octanol–water partition coefficient (Wildman–Crippen LogP) is 2.40. The maximum atomic E-state index is 12.3. The van der Waals surface area contributed by atoms with Crippen molar-refractivity contribution in [3.63, 3.8) is 0 Å². The third-order valence-electron chi connectivity index (χ3n) is 3.40. The minimum absolute atomic E-state index is 0.204. The van der Waals surface area contributed by atoms with E-state index in [1.807, 2.05) is 6.92 Å². The van der Waals surface area contributed by atoms with Gasteiger partial charge in [-0.05, 0) is 43.3 Å². The van der Waals surface area contributed by atoms with E-state index in [1.54, 1.807) is 48.5 Å². The number of para-hydroxylation sites is 1. The molecule has 0 unspecified atom stereocenters. The van der Waals surface area contributed by atoms with Gasteiger partial charge in [0.05, 0.1) is 23.8 Å². The van der Waals surface area contributed by atoms with Crippen molar-refractivity contribution in [2.75, 3.05) is 6.61 Å². The number of carbonyl (C=O) groups excluding carboxylic acids is 1. The summed E-state index contributed by atoms with van der Waals surface area (Å²) in [6, 6.07) is 13.7. The van der Waals surface area contributed by atoms with Crippen molar-refractivity contribution in [1.82, 2.24) is 9.55 Å². The Balaban J connectivity index is 1.73. The number of nitrogens with zero attached hydrogens (tertiary/aromatic N) is 2. The highest BCUT2D eigenvalue weighted by Crippen LogP contribution is 2.17. The van der Waals surface area contributed by atoms with Gasteiger partial charge >= 0.3 is 5.97 Å². The minimum Gasteiger partial charge on any atom is -0.494 e. The van der Waals surface area contributed by atoms with Crippen LogP contribution in [0.25, 0.3) is 10.9 Å². The largest absolute Gasteiger partial charge is 0.494 e. The van der Waals surface area contributed by atoms with E-state index in [-0.39, 0.29) is 12.1 Å². The van der Waals surface area contributed by atoms with Gasteiger partial charge in [0.15, 0.2) is 0 Å².